The van der Waals surface area contributed by atoms with Crippen molar-refractivity contribution in [2.24, 2.45) is 0 Å². The van der Waals surface area contributed by atoms with E-state index in [4.69, 9.17) is 11.6 Å². The minimum absolute atomic E-state index is 0.289. The first-order valence-corrected chi connectivity index (χ1v) is 8.00. The number of aryl methyl sites for hydroxylation is 2. The molecule has 0 unspecified atom stereocenters. The van der Waals surface area contributed by atoms with E-state index in [1.54, 1.807) is 29.2 Å². The summed E-state index contributed by atoms with van der Waals surface area (Å²) in [5.41, 5.74) is 3.11. The van der Waals surface area contributed by atoms with E-state index in [0.29, 0.717) is 16.7 Å². The third kappa shape index (κ3) is 4.10. The molecular weight excluding hydrogens is 338 g/mol. The van der Waals surface area contributed by atoms with E-state index in [0.717, 1.165) is 17.0 Å². The standard InChI is InChI=1S/C18H16ClN5O/c1-12-9-13(2)24(23-12)18-20-10-15(11-21-18)22-17(25)8-7-14-5-3-4-6-16(14)19/h3-11H,1-2H3,(H,22,25)/b8-7+. The number of aromatic nitrogens is 4. The molecule has 3 aromatic rings. The van der Waals surface area contributed by atoms with E-state index in [9.17, 15) is 4.79 Å². The van der Waals surface area contributed by atoms with Gasteiger partial charge in [-0.25, -0.2) is 14.6 Å². The van der Waals surface area contributed by atoms with Gasteiger partial charge in [-0.05, 0) is 37.6 Å². The van der Waals surface area contributed by atoms with Gasteiger partial charge in [0.2, 0.25) is 5.91 Å². The lowest BCUT2D eigenvalue weighted by atomic mass is 10.2. The van der Waals surface area contributed by atoms with Crippen LogP contribution in [0.15, 0.2) is 48.8 Å². The van der Waals surface area contributed by atoms with Gasteiger partial charge in [0.15, 0.2) is 0 Å². The first kappa shape index (κ1) is 16.9. The summed E-state index contributed by atoms with van der Waals surface area (Å²) in [6, 6.07) is 9.23. The molecule has 0 saturated carbocycles. The number of halogens is 1. The third-order valence-corrected chi connectivity index (χ3v) is 3.77. The van der Waals surface area contributed by atoms with Crippen molar-refractivity contribution in [2.45, 2.75) is 13.8 Å². The molecule has 25 heavy (non-hydrogen) atoms. The van der Waals surface area contributed by atoms with Crippen LogP contribution in [0.25, 0.3) is 12.0 Å². The van der Waals surface area contributed by atoms with Crippen molar-refractivity contribution in [3.8, 4) is 5.95 Å². The first-order chi connectivity index (χ1) is 12.0. The Balaban J connectivity index is 1.68. The van der Waals surface area contributed by atoms with Crippen molar-refractivity contribution < 1.29 is 4.79 Å². The fourth-order valence-corrected chi connectivity index (χ4v) is 2.48. The highest BCUT2D eigenvalue weighted by Crippen LogP contribution is 2.16. The van der Waals surface area contributed by atoms with Gasteiger partial charge in [-0.2, -0.15) is 5.10 Å². The van der Waals surface area contributed by atoms with Crippen LogP contribution < -0.4 is 5.32 Å². The van der Waals surface area contributed by atoms with Crippen LogP contribution in [0.4, 0.5) is 5.69 Å². The first-order valence-electron chi connectivity index (χ1n) is 7.62. The van der Waals surface area contributed by atoms with E-state index < -0.39 is 0 Å². The molecule has 1 amide bonds. The molecule has 0 saturated heterocycles. The lowest BCUT2D eigenvalue weighted by Gasteiger charge is -2.04. The second-order valence-electron chi connectivity index (χ2n) is 5.45. The highest BCUT2D eigenvalue weighted by Gasteiger charge is 2.07. The minimum atomic E-state index is -0.289. The van der Waals surface area contributed by atoms with Crippen molar-refractivity contribution in [3.05, 3.63) is 70.8 Å². The van der Waals surface area contributed by atoms with Crippen LogP contribution in [-0.4, -0.2) is 25.7 Å². The summed E-state index contributed by atoms with van der Waals surface area (Å²) >= 11 is 6.05. The zero-order valence-electron chi connectivity index (χ0n) is 13.8. The SMILES string of the molecule is Cc1cc(C)n(-c2ncc(NC(=O)/C=C/c3ccccc3Cl)cn2)n1. The highest BCUT2D eigenvalue weighted by molar-refractivity contribution is 6.32. The van der Waals surface area contributed by atoms with Crippen molar-refractivity contribution >= 4 is 29.3 Å². The van der Waals surface area contributed by atoms with Gasteiger partial charge in [0.1, 0.15) is 0 Å². The Morgan fingerprint density at radius 3 is 2.56 bits per heavy atom. The summed E-state index contributed by atoms with van der Waals surface area (Å²) in [5.74, 6) is 0.164. The van der Waals surface area contributed by atoms with Crippen LogP contribution >= 0.6 is 11.6 Å². The molecule has 0 atom stereocenters. The van der Waals surface area contributed by atoms with Crippen LogP contribution in [0.3, 0.4) is 0 Å². The second-order valence-corrected chi connectivity index (χ2v) is 5.86. The molecule has 0 bridgehead atoms. The average molecular weight is 354 g/mol. The van der Waals surface area contributed by atoms with Crippen LogP contribution in [-0.2, 0) is 4.79 Å². The summed E-state index contributed by atoms with van der Waals surface area (Å²) in [5, 5.41) is 7.62. The normalized spacial score (nSPS) is 11.0. The van der Waals surface area contributed by atoms with Gasteiger partial charge in [0.25, 0.3) is 5.95 Å². The van der Waals surface area contributed by atoms with Gasteiger partial charge < -0.3 is 5.32 Å². The molecular formula is C18H16ClN5O. The van der Waals surface area contributed by atoms with Gasteiger partial charge in [-0.15, -0.1) is 0 Å². The molecule has 2 aromatic heterocycles. The smallest absolute Gasteiger partial charge is 0.250 e. The van der Waals surface area contributed by atoms with Crippen molar-refractivity contribution in [1.29, 1.82) is 0 Å². The van der Waals surface area contributed by atoms with E-state index in [2.05, 4.69) is 20.4 Å². The van der Waals surface area contributed by atoms with Crippen LogP contribution in [0.1, 0.15) is 17.0 Å². The van der Waals surface area contributed by atoms with Gasteiger partial charge in [-0.1, -0.05) is 29.8 Å². The van der Waals surface area contributed by atoms with E-state index in [1.165, 1.54) is 6.08 Å². The van der Waals surface area contributed by atoms with E-state index in [-0.39, 0.29) is 5.91 Å². The van der Waals surface area contributed by atoms with Gasteiger partial charge in [0, 0.05) is 16.8 Å². The topological polar surface area (TPSA) is 72.7 Å². The third-order valence-electron chi connectivity index (χ3n) is 3.42. The molecule has 126 valence electrons. The number of carbonyl (C=O) groups excluding carboxylic acids is 1. The Bertz CT molecular complexity index is 931. The van der Waals surface area contributed by atoms with Gasteiger partial charge in [0.05, 0.1) is 23.8 Å². The van der Waals surface area contributed by atoms with Crippen molar-refractivity contribution in [1.82, 2.24) is 19.7 Å². The maximum Gasteiger partial charge on any atom is 0.250 e. The quantitative estimate of drug-likeness (QED) is 0.727. The maximum absolute atomic E-state index is 12.0. The Kier molecular flexibility index (Phi) is 4.90. The molecule has 2 heterocycles. The Morgan fingerprint density at radius 2 is 1.92 bits per heavy atom. The summed E-state index contributed by atoms with van der Waals surface area (Å²) in [6.07, 6.45) is 6.15. The number of nitrogens with one attached hydrogen (secondary N) is 1. The van der Waals surface area contributed by atoms with Gasteiger partial charge in [-0.3, -0.25) is 4.79 Å². The molecule has 6 nitrogen and oxygen atoms in total. The minimum Gasteiger partial charge on any atom is -0.320 e. The highest BCUT2D eigenvalue weighted by atomic mass is 35.5. The Labute approximate surface area is 150 Å². The molecule has 0 aliphatic heterocycles. The zero-order chi connectivity index (χ0) is 17.8. The molecule has 0 aliphatic carbocycles. The fourth-order valence-electron chi connectivity index (χ4n) is 2.29. The van der Waals surface area contributed by atoms with Crippen molar-refractivity contribution in [3.63, 3.8) is 0 Å². The van der Waals surface area contributed by atoms with Crippen molar-refractivity contribution in [2.75, 3.05) is 5.32 Å². The summed E-state index contributed by atoms with van der Waals surface area (Å²) in [6.45, 7) is 3.84. The average Bonchev–Trinajstić information content (AvgIpc) is 2.93. The Morgan fingerprint density at radius 1 is 1.20 bits per heavy atom. The Hall–Kier alpha value is -2.99. The lowest BCUT2D eigenvalue weighted by Crippen LogP contribution is -2.10. The fraction of sp³-hybridized carbons (Fsp3) is 0.111. The predicted octanol–water partition coefficient (Wildman–Crippen LogP) is 3.58. The molecule has 0 aliphatic rings. The molecule has 0 spiro atoms. The number of benzene rings is 1. The number of hydrogen-bond acceptors (Lipinski definition) is 4. The molecule has 1 N–H and O–H groups in total. The zero-order valence-corrected chi connectivity index (χ0v) is 14.5. The summed E-state index contributed by atoms with van der Waals surface area (Å²) in [7, 11) is 0. The maximum atomic E-state index is 12.0. The molecule has 7 heteroatoms. The molecule has 0 fully saturated rings. The number of amides is 1. The van der Waals surface area contributed by atoms with Crippen LogP contribution in [0.5, 0.6) is 0 Å². The number of carbonyl (C=O) groups is 1. The number of anilines is 1. The summed E-state index contributed by atoms with van der Waals surface area (Å²) in [4.78, 5) is 20.5. The second kappa shape index (κ2) is 7.27. The molecule has 3 rings (SSSR count). The monoisotopic (exact) mass is 353 g/mol. The van der Waals surface area contributed by atoms with Crippen LogP contribution in [0.2, 0.25) is 5.02 Å². The van der Waals surface area contributed by atoms with E-state index >= 15 is 0 Å². The van der Waals surface area contributed by atoms with Crippen LogP contribution in [0, 0.1) is 13.8 Å². The number of rotatable bonds is 4. The summed E-state index contributed by atoms with van der Waals surface area (Å²) < 4.78 is 1.65. The van der Waals surface area contributed by atoms with Gasteiger partial charge >= 0.3 is 0 Å². The lowest BCUT2D eigenvalue weighted by molar-refractivity contribution is -0.111. The largest absolute Gasteiger partial charge is 0.320 e. The van der Waals surface area contributed by atoms with E-state index in [1.807, 2.05) is 38.1 Å². The number of hydrogen-bond donors (Lipinski definition) is 1. The number of nitrogens with zero attached hydrogens (tertiary/aromatic N) is 4. The predicted molar refractivity (Wildman–Crippen MR) is 97.7 cm³/mol. The molecule has 0 radical (unpaired) electrons. The molecule has 1 aromatic carbocycles.